The fourth-order valence-corrected chi connectivity index (χ4v) is 2.49. The lowest BCUT2D eigenvalue weighted by Gasteiger charge is -2.24. The minimum Gasteiger partial charge on any atom is -0.382 e. The summed E-state index contributed by atoms with van der Waals surface area (Å²) >= 11 is 0. The Balaban J connectivity index is 2.06. The highest BCUT2D eigenvalue weighted by atomic mass is 16.5. The minimum absolute atomic E-state index is 0.188. The van der Waals surface area contributed by atoms with Crippen molar-refractivity contribution < 1.29 is 9.53 Å². The molecule has 2 rings (SSSR count). The second-order valence-corrected chi connectivity index (χ2v) is 5.22. The van der Waals surface area contributed by atoms with Gasteiger partial charge in [0.1, 0.15) is 0 Å². The molecule has 4 heteroatoms. The van der Waals surface area contributed by atoms with Crippen LogP contribution in [0.25, 0.3) is 0 Å². The summed E-state index contributed by atoms with van der Waals surface area (Å²) in [5.74, 6) is 0.188. The van der Waals surface area contributed by atoms with Gasteiger partial charge in [-0.1, -0.05) is 18.2 Å². The first-order valence-electron chi connectivity index (χ1n) is 7.41. The molecule has 0 bridgehead atoms. The van der Waals surface area contributed by atoms with E-state index in [1.54, 1.807) is 0 Å². The van der Waals surface area contributed by atoms with E-state index in [1.807, 2.05) is 30.0 Å². The van der Waals surface area contributed by atoms with Crippen molar-refractivity contribution in [1.29, 1.82) is 0 Å². The molecule has 0 radical (unpaired) electrons. The molecule has 0 fully saturated rings. The van der Waals surface area contributed by atoms with E-state index < -0.39 is 0 Å². The van der Waals surface area contributed by atoms with E-state index in [-0.39, 0.29) is 5.91 Å². The molecule has 1 amide bonds. The van der Waals surface area contributed by atoms with Crippen molar-refractivity contribution >= 4 is 11.6 Å². The van der Waals surface area contributed by atoms with Gasteiger partial charge in [-0.2, -0.15) is 0 Å². The summed E-state index contributed by atoms with van der Waals surface area (Å²) in [6, 6.07) is 8.44. The third-order valence-electron chi connectivity index (χ3n) is 3.56. The number of carbonyl (C=O) groups excluding carboxylic acids is 1. The molecule has 0 saturated heterocycles. The number of para-hydroxylation sites is 1. The molecule has 1 heterocycles. The van der Waals surface area contributed by atoms with Crippen molar-refractivity contribution in [1.82, 2.24) is 5.32 Å². The van der Waals surface area contributed by atoms with Crippen molar-refractivity contribution in [2.45, 2.75) is 39.3 Å². The van der Waals surface area contributed by atoms with Crippen molar-refractivity contribution in [2.24, 2.45) is 0 Å². The van der Waals surface area contributed by atoms with Gasteiger partial charge in [-0.05, 0) is 31.9 Å². The summed E-state index contributed by atoms with van der Waals surface area (Å²) in [4.78, 5) is 14.4. The second-order valence-electron chi connectivity index (χ2n) is 5.22. The number of fused-ring (bicyclic) bond motifs is 1. The van der Waals surface area contributed by atoms with E-state index in [0.29, 0.717) is 25.7 Å². The van der Waals surface area contributed by atoms with Crippen LogP contribution in [0, 0.1) is 0 Å². The Bertz CT molecular complexity index is 448. The van der Waals surface area contributed by atoms with Crippen LogP contribution in [-0.4, -0.2) is 31.7 Å². The molecular weight excluding hydrogens is 252 g/mol. The number of rotatable bonds is 5. The predicted molar refractivity (Wildman–Crippen MR) is 80.8 cm³/mol. The van der Waals surface area contributed by atoms with Gasteiger partial charge in [0, 0.05) is 44.5 Å². The van der Waals surface area contributed by atoms with E-state index in [4.69, 9.17) is 4.74 Å². The van der Waals surface area contributed by atoms with Gasteiger partial charge < -0.3 is 15.0 Å². The van der Waals surface area contributed by atoms with Gasteiger partial charge in [-0.15, -0.1) is 0 Å². The zero-order chi connectivity index (χ0) is 14.4. The van der Waals surface area contributed by atoms with Crippen LogP contribution in [-0.2, 0) is 16.1 Å². The van der Waals surface area contributed by atoms with Gasteiger partial charge in [0.2, 0.25) is 5.91 Å². The van der Waals surface area contributed by atoms with Crippen LogP contribution < -0.4 is 10.2 Å². The predicted octanol–water partition coefficient (Wildman–Crippen LogP) is 2.33. The molecule has 110 valence electrons. The number of nitrogens with one attached hydrogen (secondary N) is 1. The molecule has 0 spiro atoms. The first-order chi connectivity index (χ1) is 9.72. The summed E-state index contributed by atoms with van der Waals surface area (Å²) in [6.45, 7) is 7.00. The Labute approximate surface area is 121 Å². The topological polar surface area (TPSA) is 41.6 Å². The first-order valence-corrected chi connectivity index (χ1v) is 7.41. The van der Waals surface area contributed by atoms with Crippen LogP contribution >= 0.6 is 0 Å². The zero-order valence-electron chi connectivity index (χ0n) is 12.4. The highest BCUT2D eigenvalue weighted by Crippen LogP contribution is 2.24. The van der Waals surface area contributed by atoms with Crippen LogP contribution in [0.2, 0.25) is 0 Å². The summed E-state index contributed by atoms with van der Waals surface area (Å²) in [5.41, 5.74) is 2.24. The van der Waals surface area contributed by atoms with E-state index in [0.717, 1.165) is 25.2 Å². The normalized spacial score (nSPS) is 18.5. The van der Waals surface area contributed by atoms with Gasteiger partial charge in [0.15, 0.2) is 0 Å². The molecule has 0 aromatic heterocycles. The average Bonchev–Trinajstić information content (AvgIpc) is 2.63. The molecule has 1 aliphatic rings. The Kier molecular flexibility index (Phi) is 5.56. The molecule has 0 aliphatic carbocycles. The minimum atomic E-state index is 0.188. The molecule has 1 aliphatic heterocycles. The monoisotopic (exact) mass is 276 g/mol. The fourth-order valence-electron chi connectivity index (χ4n) is 2.49. The standard InChI is InChI=1S/C16H24N2O2/c1-3-20-10-6-9-16(19)18-12-13(2)17-11-14-7-4-5-8-15(14)18/h4-5,7-8,13,17H,3,6,9-12H2,1-2H3. The molecule has 20 heavy (non-hydrogen) atoms. The Hall–Kier alpha value is -1.39. The van der Waals surface area contributed by atoms with Gasteiger partial charge in [0.05, 0.1) is 0 Å². The Morgan fingerprint density at radius 3 is 3.05 bits per heavy atom. The molecule has 0 saturated carbocycles. The third-order valence-corrected chi connectivity index (χ3v) is 3.56. The van der Waals surface area contributed by atoms with E-state index in [1.165, 1.54) is 5.56 Å². The smallest absolute Gasteiger partial charge is 0.227 e. The number of amides is 1. The first kappa shape index (κ1) is 15.0. The van der Waals surface area contributed by atoms with Crippen molar-refractivity contribution in [3.8, 4) is 0 Å². The Morgan fingerprint density at radius 1 is 1.45 bits per heavy atom. The van der Waals surface area contributed by atoms with Gasteiger partial charge in [-0.3, -0.25) is 4.79 Å². The van der Waals surface area contributed by atoms with Crippen LogP contribution in [0.15, 0.2) is 24.3 Å². The average molecular weight is 276 g/mol. The number of nitrogens with zero attached hydrogens (tertiary/aromatic N) is 1. The van der Waals surface area contributed by atoms with E-state index in [9.17, 15) is 4.79 Å². The van der Waals surface area contributed by atoms with Crippen molar-refractivity contribution in [2.75, 3.05) is 24.7 Å². The zero-order valence-corrected chi connectivity index (χ0v) is 12.4. The highest BCUT2D eigenvalue weighted by Gasteiger charge is 2.23. The van der Waals surface area contributed by atoms with Gasteiger partial charge >= 0.3 is 0 Å². The van der Waals surface area contributed by atoms with Gasteiger partial charge in [-0.25, -0.2) is 0 Å². The maximum Gasteiger partial charge on any atom is 0.227 e. The van der Waals surface area contributed by atoms with Crippen LogP contribution in [0.4, 0.5) is 5.69 Å². The summed E-state index contributed by atoms with van der Waals surface area (Å²) in [7, 11) is 0. The molecule has 1 atom stereocenters. The second kappa shape index (κ2) is 7.41. The third kappa shape index (κ3) is 3.81. The number of ether oxygens (including phenoxy) is 1. The molecule has 4 nitrogen and oxygen atoms in total. The van der Waals surface area contributed by atoms with Crippen LogP contribution in [0.5, 0.6) is 0 Å². The van der Waals surface area contributed by atoms with E-state index in [2.05, 4.69) is 18.3 Å². The van der Waals surface area contributed by atoms with Crippen LogP contribution in [0.3, 0.4) is 0 Å². The summed E-state index contributed by atoms with van der Waals surface area (Å²) in [6.07, 6.45) is 1.33. The number of benzene rings is 1. The summed E-state index contributed by atoms with van der Waals surface area (Å²) in [5, 5.41) is 3.44. The number of anilines is 1. The Morgan fingerprint density at radius 2 is 2.25 bits per heavy atom. The van der Waals surface area contributed by atoms with Gasteiger partial charge in [0.25, 0.3) is 0 Å². The highest BCUT2D eigenvalue weighted by molar-refractivity contribution is 5.94. The quantitative estimate of drug-likeness (QED) is 0.839. The van der Waals surface area contributed by atoms with Crippen molar-refractivity contribution in [3.05, 3.63) is 29.8 Å². The molecular formula is C16H24N2O2. The fraction of sp³-hybridized carbons (Fsp3) is 0.562. The number of hydrogen-bond donors (Lipinski definition) is 1. The van der Waals surface area contributed by atoms with Crippen LogP contribution in [0.1, 0.15) is 32.3 Å². The summed E-state index contributed by atoms with van der Waals surface area (Å²) < 4.78 is 5.30. The molecule has 1 unspecified atom stereocenters. The molecule has 1 aromatic carbocycles. The number of hydrogen-bond acceptors (Lipinski definition) is 3. The molecule has 1 N–H and O–H groups in total. The molecule has 1 aromatic rings. The van der Waals surface area contributed by atoms with E-state index >= 15 is 0 Å². The lowest BCUT2D eigenvalue weighted by molar-refractivity contribution is -0.119. The van der Waals surface area contributed by atoms with Crippen molar-refractivity contribution in [3.63, 3.8) is 0 Å². The maximum atomic E-state index is 12.5. The number of carbonyl (C=O) groups is 1. The largest absolute Gasteiger partial charge is 0.382 e. The lowest BCUT2D eigenvalue weighted by atomic mass is 10.1. The maximum absolute atomic E-state index is 12.5. The SMILES string of the molecule is CCOCCCC(=O)N1CC(C)NCc2ccccc21. The lowest BCUT2D eigenvalue weighted by Crippen LogP contribution is -2.39.